The lowest BCUT2D eigenvalue weighted by molar-refractivity contribution is 0.152. The van der Waals surface area contributed by atoms with Crippen molar-refractivity contribution in [2.45, 2.75) is 39.5 Å². The summed E-state index contributed by atoms with van der Waals surface area (Å²) in [5.74, 6) is 1.83. The lowest BCUT2D eigenvalue weighted by Crippen LogP contribution is -2.14. The van der Waals surface area contributed by atoms with Crippen LogP contribution in [0.25, 0.3) is 22.3 Å². The molecule has 0 heterocycles. The molecule has 0 spiro atoms. The normalized spacial score (nSPS) is 11.0. The summed E-state index contributed by atoms with van der Waals surface area (Å²) in [5.41, 5.74) is 6.18. The summed E-state index contributed by atoms with van der Waals surface area (Å²) in [6, 6.07) is 31.6. The molecule has 0 N–H and O–H groups in total. The first-order valence-corrected chi connectivity index (χ1v) is 11.7. The van der Waals surface area contributed by atoms with Crippen LogP contribution in [0.15, 0.2) is 97.1 Å². The van der Waals surface area contributed by atoms with Crippen molar-refractivity contribution in [3.8, 4) is 33.8 Å². The van der Waals surface area contributed by atoms with E-state index in [1.807, 2.05) is 36.4 Å². The van der Waals surface area contributed by atoms with Crippen molar-refractivity contribution in [2.24, 2.45) is 0 Å². The van der Waals surface area contributed by atoms with E-state index in [9.17, 15) is 4.79 Å². The van der Waals surface area contributed by atoms with Crippen molar-refractivity contribution in [3.63, 3.8) is 0 Å². The van der Waals surface area contributed by atoms with Crippen LogP contribution < -0.4 is 9.47 Å². The Kier molecular flexibility index (Phi) is 7.12. The molecule has 172 valence electrons. The van der Waals surface area contributed by atoms with Crippen LogP contribution in [-0.4, -0.2) is 6.16 Å². The molecule has 0 aliphatic heterocycles. The number of carbonyl (C=O) groups excluding carboxylic acids is 1. The van der Waals surface area contributed by atoms with Gasteiger partial charge < -0.3 is 9.47 Å². The molecule has 0 fully saturated rings. The van der Waals surface area contributed by atoms with Crippen molar-refractivity contribution < 1.29 is 14.3 Å². The lowest BCUT2D eigenvalue weighted by Gasteiger charge is -2.13. The van der Waals surface area contributed by atoms with E-state index in [2.05, 4.69) is 76.2 Å². The molecular formula is C31H30O3. The second kappa shape index (κ2) is 10.4. The maximum atomic E-state index is 12.8. The fraction of sp³-hybridized carbons (Fsp3) is 0.194. The van der Waals surface area contributed by atoms with Gasteiger partial charge in [0.25, 0.3) is 0 Å². The van der Waals surface area contributed by atoms with Gasteiger partial charge in [-0.05, 0) is 46.2 Å². The van der Waals surface area contributed by atoms with Gasteiger partial charge in [0.2, 0.25) is 0 Å². The second-order valence-electron chi connectivity index (χ2n) is 9.00. The standard InChI is InChI=1S/C31H30O3/c1-21(2)23-13-17-25(18-14-23)27-9-5-7-11-29(27)33-31(32)34-30-12-8-6-10-28(30)26-19-15-24(16-20-26)22(3)4/h5-22H,1-4H3. The van der Waals surface area contributed by atoms with Crippen LogP contribution in [0.1, 0.15) is 50.7 Å². The van der Waals surface area contributed by atoms with E-state index in [1.54, 1.807) is 12.1 Å². The minimum atomic E-state index is -0.766. The first-order valence-electron chi connectivity index (χ1n) is 11.7. The van der Waals surface area contributed by atoms with Crippen LogP contribution in [0.4, 0.5) is 4.79 Å². The molecule has 4 rings (SSSR count). The number of para-hydroxylation sites is 2. The molecule has 3 nitrogen and oxygen atoms in total. The minimum absolute atomic E-state index is 0.456. The largest absolute Gasteiger partial charge is 0.519 e. The van der Waals surface area contributed by atoms with Gasteiger partial charge in [0, 0.05) is 11.1 Å². The second-order valence-corrected chi connectivity index (χ2v) is 9.00. The average molecular weight is 451 g/mol. The SMILES string of the molecule is CC(C)c1ccc(-c2ccccc2OC(=O)Oc2ccccc2-c2ccc(C(C)C)cc2)cc1. The predicted molar refractivity (Wildman–Crippen MR) is 139 cm³/mol. The molecule has 34 heavy (non-hydrogen) atoms. The molecule has 0 aromatic heterocycles. The molecule has 0 atom stereocenters. The van der Waals surface area contributed by atoms with Gasteiger partial charge in [-0.2, -0.15) is 0 Å². The van der Waals surface area contributed by atoms with Gasteiger partial charge in [-0.15, -0.1) is 0 Å². The first-order chi connectivity index (χ1) is 16.4. The van der Waals surface area contributed by atoms with Gasteiger partial charge in [-0.25, -0.2) is 4.79 Å². The van der Waals surface area contributed by atoms with Crippen LogP contribution in [0.5, 0.6) is 11.5 Å². The van der Waals surface area contributed by atoms with Crippen LogP contribution in [-0.2, 0) is 0 Å². The van der Waals surface area contributed by atoms with Gasteiger partial charge in [0.05, 0.1) is 0 Å². The molecule has 0 saturated carbocycles. The lowest BCUT2D eigenvalue weighted by atomic mass is 9.98. The van der Waals surface area contributed by atoms with Crippen molar-refractivity contribution in [3.05, 3.63) is 108 Å². The average Bonchev–Trinajstić information content (AvgIpc) is 2.85. The maximum absolute atomic E-state index is 12.8. The van der Waals surface area contributed by atoms with Crippen LogP contribution >= 0.6 is 0 Å². The molecule has 0 aliphatic carbocycles. The molecule has 0 amide bonds. The van der Waals surface area contributed by atoms with Crippen molar-refractivity contribution in [1.82, 2.24) is 0 Å². The van der Waals surface area contributed by atoms with E-state index in [0.717, 1.165) is 22.3 Å². The highest BCUT2D eigenvalue weighted by Gasteiger charge is 2.15. The van der Waals surface area contributed by atoms with E-state index >= 15 is 0 Å². The molecule has 0 bridgehead atoms. The Morgan fingerprint density at radius 2 is 0.882 bits per heavy atom. The smallest absolute Gasteiger partial charge is 0.394 e. The van der Waals surface area contributed by atoms with Crippen molar-refractivity contribution in [1.29, 1.82) is 0 Å². The highest BCUT2D eigenvalue weighted by atomic mass is 16.7. The van der Waals surface area contributed by atoms with Gasteiger partial charge in [0.15, 0.2) is 0 Å². The van der Waals surface area contributed by atoms with Crippen LogP contribution in [0.3, 0.4) is 0 Å². The Balaban J connectivity index is 1.54. The zero-order valence-electron chi connectivity index (χ0n) is 20.1. The first kappa shape index (κ1) is 23.3. The molecule has 0 aliphatic rings. The van der Waals surface area contributed by atoms with E-state index < -0.39 is 6.16 Å². The summed E-state index contributed by atoms with van der Waals surface area (Å²) in [4.78, 5) is 12.8. The van der Waals surface area contributed by atoms with E-state index in [4.69, 9.17) is 9.47 Å². The molecule has 0 radical (unpaired) electrons. The van der Waals surface area contributed by atoms with Gasteiger partial charge >= 0.3 is 6.16 Å². The van der Waals surface area contributed by atoms with E-state index in [-0.39, 0.29) is 0 Å². The zero-order valence-corrected chi connectivity index (χ0v) is 20.1. The molecule has 0 unspecified atom stereocenters. The quantitative estimate of drug-likeness (QED) is 0.217. The topological polar surface area (TPSA) is 35.5 Å². The number of hydrogen-bond donors (Lipinski definition) is 0. The van der Waals surface area contributed by atoms with Gasteiger partial charge in [0.1, 0.15) is 11.5 Å². The third-order valence-corrected chi connectivity index (χ3v) is 5.94. The summed E-state index contributed by atoms with van der Waals surface area (Å²) < 4.78 is 11.3. The number of benzene rings is 4. The van der Waals surface area contributed by atoms with E-state index in [0.29, 0.717) is 23.3 Å². The van der Waals surface area contributed by atoms with E-state index in [1.165, 1.54) is 11.1 Å². The zero-order chi connectivity index (χ0) is 24.1. The van der Waals surface area contributed by atoms with Crippen LogP contribution in [0, 0.1) is 0 Å². The summed E-state index contributed by atoms with van der Waals surface area (Å²) >= 11 is 0. The molecular weight excluding hydrogens is 420 g/mol. The number of carbonyl (C=O) groups is 1. The third kappa shape index (κ3) is 5.37. The number of rotatable bonds is 6. The summed E-state index contributed by atoms with van der Waals surface area (Å²) in [6.07, 6.45) is -0.766. The Morgan fingerprint density at radius 1 is 0.529 bits per heavy atom. The summed E-state index contributed by atoms with van der Waals surface area (Å²) in [7, 11) is 0. The molecule has 4 aromatic carbocycles. The number of hydrogen-bond acceptors (Lipinski definition) is 3. The fourth-order valence-electron chi connectivity index (χ4n) is 3.88. The van der Waals surface area contributed by atoms with Crippen molar-refractivity contribution in [2.75, 3.05) is 0 Å². The Hall–Kier alpha value is -3.85. The monoisotopic (exact) mass is 450 g/mol. The highest BCUT2D eigenvalue weighted by molar-refractivity contribution is 5.78. The summed E-state index contributed by atoms with van der Waals surface area (Å²) in [6.45, 7) is 8.66. The van der Waals surface area contributed by atoms with Gasteiger partial charge in [-0.1, -0.05) is 113 Å². The predicted octanol–water partition coefficient (Wildman–Crippen LogP) is 8.85. The minimum Gasteiger partial charge on any atom is -0.394 e. The van der Waals surface area contributed by atoms with Crippen molar-refractivity contribution >= 4 is 6.16 Å². The highest BCUT2D eigenvalue weighted by Crippen LogP contribution is 2.33. The van der Waals surface area contributed by atoms with Crippen LogP contribution in [0.2, 0.25) is 0 Å². The fourth-order valence-corrected chi connectivity index (χ4v) is 3.88. The summed E-state index contributed by atoms with van der Waals surface area (Å²) in [5, 5.41) is 0. The molecule has 3 heteroatoms. The molecule has 4 aromatic rings. The van der Waals surface area contributed by atoms with Gasteiger partial charge in [-0.3, -0.25) is 0 Å². The third-order valence-electron chi connectivity index (χ3n) is 5.94. The Labute approximate surface area is 202 Å². The molecule has 0 saturated heterocycles. The Bertz CT molecular complexity index is 1150. The number of ether oxygens (including phenoxy) is 2. The maximum Gasteiger partial charge on any atom is 0.519 e. The Morgan fingerprint density at radius 3 is 1.24 bits per heavy atom.